The van der Waals surface area contributed by atoms with E-state index in [1.807, 2.05) is 0 Å². The molecule has 0 spiro atoms. The van der Waals surface area contributed by atoms with Crippen molar-refractivity contribution in [2.45, 2.75) is 0 Å². The number of phenols is 3. The van der Waals surface area contributed by atoms with Gasteiger partial charge in [-0.3, -0.25) is 0 Å². The molecule has 0 aliphatic rings. The van der Waals surface area contributed by atoms with E-state index in [1.165, 1.54) is 6.07 Å². The van der Waals surface area contributed by atoms with E-state index in [1.54, 1.807) is 0 Å². The van der Waals surface area contributed by atoms with Gasteiger partial charge in [-0.05, 0) is 30.3 Å². The van der Waals surface area contributed by atoms with Crippen molar-refractivity contribution < 1.29 is 34.8 Å². The van der Waals surface area contributed by atoms with Gasteiger partial charge in [0, 0.05) is 6.07 Å². The van der Waals surface area contributed by atoms with Gasteiger partial charge in [0.25, 0.3) is 0 Å². The number of esters is 1. The number of carbonyl (C=O) groups excluding carboxylic acids is 1. The summed E-state index contributed by atoms with van der Waals surface area (Å²) < 4.78 is 4.90. The lowest BCUT2D eigenvalue weighted by Gasteiger charge is -2.08. The van der Waals surface area contributed by atoms with Crippen LogP contribution in [0.4, 0.5) is 0 Å². The number of ether oxygens (including phenoxy) is 1. The minimum Gasteiger partial charge on any atom is -0.508 e. The third-order valence-corrected chi connectivity index (χ3v) is 2.61. The van der Waals surface area contributed by atoms with Crippen molar-refractivity contribution in [3.05, 3.63) is 47.5 Å². The normalized spacial score (nSPS) is 10.1. The van der Waals surface area contributed by atoms with Crippen LogP contribution in [0.15, 0.2) is 36.4 Å². The Hall–Kier alpha value is -3.22. The van der Waals surface area contributed by atoms with Crippen LogP contribution in [-0.2, 0) is 0 Å². The number of aromatic carboxylic acids is 1. The second-order valence-electron chi connectivity index (χ2n) is 4.08. The third-order valence-electron chi connectivity index (χ3n) is 2.61. The minimum absolute atomic E-state index is 0.0926. The fourth-order valence-corrected chi connectivity index (χ4v) is 1.58. The number of carboxylic acid groups (broad SMARTS) is 1. The van der Waals surface area contributed by atoms with Crippen LogP contribution in [0, 0.1) is 0 Å². The molecule has 108 valence electrons. The Bertz CT molecular complexity index is 721. The molecule has 0 aromatic heterocycles. The molecule has 0 saturated carbocycles. The van der Waals surface area contributed by atoms with Crippen molar-refractivity contribution in [1.29, 1.82) is 0 Å². The Morgan fingerprint density at radius 3 is 2.24 bits per heavy atom. The Labute approximate surface area is 118 Å². The average Bonchev–Trinajstić information content (AvgIpc) is 2.41. The van der Waals surface area contributed by atoms with Crippen molar-refractivity contribution in [3.8, 4) is 23.0 Å². The van der Waals surface area contributed by atoms with Gasteiger partial charge in [-0.15, -0.1) is 0 Å². The first-order valence-corrected chi connectivity index (χ1v) is 5.69. The molecule has 21 heavy (non-hydrogen) atoms. The molecule has 7 nitrogen and oxygen atoms in total. The van der Waals surface area contributed by atoms with Crippen LogP contribution in [-0.4, -0.2) is 32.4 Å². The Kier molecular flexibility index (Phi) is 3.66. The first kappa shape index (κ1) is 14.2. The highest BCUT2D eigenvalue weighted by Crippen LogP contribution is 2.28. The van der Waals surface area contributed by atoms with Crippen molar-refractivity contribution in [2.75, 3.05) is 0 Å². The van der Waals surface area contributed by atoms with E-state index in [-0.39, 0.29) is 22.6 Å². The number of carboxylic acids is 1. The number of carbonyl (C=O) groups is 2. The summed E-state index contributed by atoms with van der Waals surface area (Å²) in [6.45, 7) is 0. The summed E-state index contributed by atoms with van der Waals surface area (Å²) in [5.41, 5.74) is -0.394. The van der Waals surface area contributed by atoms with E-state index in [0.29, 0.717) is 0 Å². The van der Waals surface area contributed by atoms with Gasteiger partial charge in [-0.1, -0.05) is 0 Å². The SMILES string of the molecule is O=C(Oc1cc(O)ccc1C(=O)O)c1ccc(O)c(O)c1. The van der Waals surface area contributed by atoms with Crippen molar-refractivity contribution in [3.63, 3.8) is 0 Å². The molecular weight excluding hydrogens is 280 g/mol. The zero-order valence-electron chi connectivity index (χ0n) is 10.5. The number of hydrogen-bond donors (Lipinski definition) is 4. The molecule has 0 radical (unpaired) electrons. The fourth-order valence-electron chi connectivity index (χ4n) is 1.58. The van der Waals surface area contributed by atoms with Crippen LogP contribution in [0.3, 0.4) is 0 Å². The van der Waals surface area contributed by atoms with Crippen molar-refractivity contribution >= 4 is 11.9 Å². The highest BCUT2D eigenvalue weighted by atomic mass is 16.5. The first-order valence-electron chi connectivity index (χ1n) is 5.69. The molecule has 0 bridgehead atoms. The van der Waals surface area contributed by atoms with E-state index in [0.717, 1.165) is 30.3 Å². The zero-order chi connectivity index (χ0) is 15.6. The predicted molar refractivity (Wildman–Crippen MR) is 69.8 cm³/mol. The number of phenolic OH excluding ortho intramolecular Hbond substituents is 3. The maximum Gasteiger partial charge on any atom is 0.343 e. The lowest BCUT2D eigenvalue weighted by atomic mass is 10.2. The monoisotopic (exact) mass is 290 g/mol. The molecule has 0 heterocycles. The van der Waals surface area contributed by atoms with E-state index in [4.69, 9.17) is 14.9 Å². The molecule has 0 unspecified atom stereocenters. The smallest absolute Gasteiger partial charge is 0.343 e. The second-order valence-corrected chi connectivity index (χ2v) is 4.08. The van der Waals surface area contributed by atoms with E-state index < -0.39 is 23.4 Å². The zero-order valence-corrected chi connectivity index (χ0v) is 10.5. The lowest BCUT2D eigenvalue weighted by Crippen LogP contribution is -2.11. The molecule has 4 N–H and O–H groups in total. The minimum atomic E-state index is -1.33. The van der Waals surface area contributed by atoms with E-state index in [9.17, 15) is 19.8 Å². The molecule has 2 rings (SSSR count). The van der Waals surface area contributed by atoms with Crippen molar-refractivity contribution in [1.82, 2.24) is 0 Å². The summed E-state index contributed by atoms with van der Waals surface area (Å²) in [6.07, 6.45) is 0. The molecule has 0 aliphatic heterocycles. The summed E-state index contributed by atoms with van der Waals surface area (Å²) in [7, 11) is 0. The average molecular weight is 290 g/mol. The molecule has 0 amide bonds. The van der Waals surface area contributed by atoms with Gasteiger partial charge in [0.1, 0.15) is 17.1 Å². The van der Waals surface area contributed by atoms with Gasteiger partial charge >= 0.3 is 11.9 Å². The Morgan fingerprint density at radius 2 is 1.62 bits per heavy atom. The van der Waals surface area contributed by atoms with Gasteiger partial charge < -0.3 is 25.2 Å². The van der Waals surface area contributed by atoms with Crippen LogP contribution in [0.5, 0.6) is 23.0 Å². The number of aromatic hydroxyl groups is 3. The maximum atomic E-state index is 11.9. The van der Waals surface area contributed by atoms with E-state index in [2.05, 4.69) is 0 Å². The molecule has 0 fully saturated rings. The topological polar surface area (TPSA) is 124 Å². The molecule has 0 aliphatic carbocycles. The van der Waals surface area contributed by atoms with Crippen LogP contribution < -0.4 is 4.74 Å². The number of rotatable bonds is 3. The summed E-state index contributed by atoms with van der Waals surface area (Å²) in [5, 5.41) is 36.8. The van der Waals surface area contributed by atoms with Gasteiger partial charge in [-0.25, -0.2) is 9.59 Å². The predicted octanol–water partition coefficient (Wildman–Crippen LogP) is 1.72. The van der Waals surface area contributed by atoms with Crippen molar-refractivity contribution in [2.24, 2.45) is 0 Å². The molecule has 2 aromatic carbocycles. The van der Waals surface area contributed by atoms with Crippen LogP contribution in [0.1, 0.15) is 20.7 Å². The lowest BCUT2D eigenvalue weighted by molar-refractivity contribution is 0.0681. The molecular formula is C14H10O7. The largest absolute Gasteiger partial charge is 0.508 e. The second kappa shape index (κ2) is 5.41. The standard InChI is InChI=1S/C14H10O7/c15-8-2-3-9(13(18)19)12(6-8)21-14(20)7-1-4-10(16)11(17)5-7/h1-6,15-17H,(H,18,19). The summed E-state index contributed by atoms with van der Waals surface area (Å²) in [5.74, 6) is -3.80. The van der Waals surface area contributed by atoms with Crippen LogP contribution in [0.2, 0.25) is 0 Å². The van der Waals surface area contributed by atoms with Crippen LogP contribution in [0.25, 0.3) is 0 Å². The Morgan fingerprint density at radius 1 is 0.905 bits per heavy atom. The van der Waals surface area contributed by atoms with Gasteiger partial charge in [0.15, 0.2) is 11.5 Å². The molecule has 2 aromatic rings. The summed E-state index contributed by atoms with van der Waals surface area (Å²) >= 11 is 0. The molecule has 7 heteroatoms. The third kappa shape index (κ3) is 3.03. The number of benzene rings is 2. The molecule has 0 saturated heterocycles. The Balaban J connectivity index is 2.33. The molecule has 0 atom stereocenters. The summed E-state index contributed by atoms with van der Waals surface area (Å²) in [4.78, 5) is 22.9. The number of hydrogen-bond acceptors (Lipinski definition) is 6. The highest BCUT2D eigenvalue weighted by Gasteiger charge is 2.17. The van der Waals surface area contributed by atoms with Crippen LogP contribution >= 0.6 is 0 Å². The highest BCUT2D eigenvalue weighted by molar-refractivity contribution is 5.96. The van der Waals surface area contributed by atoms with Gasteiger partial charge in [0.2, 0.25) is 0 Å². The summed E-state index contributed by atoms with van der Waals surface area (Å²) in [6, 6.07) is 6.48. The fraction of sp³-hybridized carbons (Fsp3) is 0. The maximum absolute atomic E-state index is 11.9. The van der Waals surface area contributed by atoms with E-state index >= 15 is 0 Å². The quantitative estimate of drug-likeness (QED) is 0.385. The first-order chi connectivity index (χ1) is 9.88. The van der Waals surface area contributed by atoms with Gasteiger partial charge in [0.05, 0.1) is 5.56 Å². The van der Waals surface area contributed by atoms with Gasteiger partial charge in [-0.2, -0.15) is 0 Å².